The topological polar surface area (TPSA) is 66.5 Å². The van der Waals surface area contributed by atoms with Crippen molar-refractivity contribution in [2.24, 2.45) is 0 Å². The summed E-state index contributed by atoms with van der Waals surface area (Å²) in [5.74, 6) is -1.33. The summed E-state index contributed by atoms with van der Waals surface area (Å²) in [5.41, 5.74) is 0.974. The smallest absolute Gasteiger partial charge is 0.261 e. The number of fused-ring (bicyclic) bond motifs is 1. The third-order valence-corrected chi connectivity index (χ3v) is 5.37. The summed E-state index contributed by atoms with van der Waals surface area (Å²) in [4.78, 5) is 38.1. The number of anilines is 1. The first-order valence-electron chi connectivity index (χ1n) is 8.46. The van der Waals surface area contributed by atoms with E-state index in [9.17, 15) is 18.8 Å². The summed E-state index contributed by atoms with van der Waals surface area (Å²) in [7, 11) is 1.43. The molecule has 4 rings (SSSR count). The Morgan fingerprint density at radius 2 is 1.81 bits per heavy atom. The fraction of sp³-hybridized carbons (Fsp3) is 0.250. The number of benzene rings is 2. The molecule has 1 aliphatic carbocycles. The van der Waals surface area contributed by atoms with Gasteiger partial charge in [-0.15, -0.1) is 0 Å². The maximum Gasteiger partial charge on any atom is 0.261 e. The maximum atomic E-state index is 13.6. The van der Waals surface area contributed by atoms with Gasteiger partial charge in [0, 0.05) is 12.7 Å². The van der Waals surface area contributed by atoms with Crippen molar-refractivity contribution >= 4 is 23.4 Å². The molecule has 6 heteroatoms. The molecule has 0 atom stereocenters. The molecule has 132 valence electrons. The van der Waals surface area contributed by atoms with E-state index in [0.29, 0.717) is 29.7 Å². The molecule has 26 heavy (non-hydrogen) atoms. The van der Waals surface area contributed by atoms with E-state index < -0.39 is 5.41 Å². The number of hydrogen-bond donors (Lipinski definition) is 1. The molecular weight excluding hydrogens is 335 g/mol. The van der Waals surface area contributed by atoms with Crippen LogP contribution in [0.4, 0.5) is 10.1 Å². The first-order valence-corrected chi connectivity index (χ1v) is 8.46. The second kappa shape index (κ2) is 5.76. The van der Waals surface area contributed by atoms with E-state index in [1.165, 1.54) is 25.2 Å². The van der Waals surface area contributed by atoms with Gasteiger partial charge in [0.2, 0.25) is 5.91 Å². The Balaban J connectivity index is 1.63. The molecule has 2 aromatic carbocycles. The van der Waals surface area contributed by atoms with Gasteiger partial charge in [-0.3, -0.25) is 19.3 Å². The molecule has 1 saturated carbocycles. The van der Waals surface area contributed by atoms with E-state index in [1.54, 1.807) is 24.3 Å². The lowest BCUT2D eigenvalue weighted by atomic mass is 9.63. The highest BCUT2D eigenvalue weighted by Crippen LogP contribution is 2.44. The minimum Gasteiger partial charge on any atom is -0.325 e. The van der Waals surface area contributed by atoms with Crippen LogP contribution in [-0.4, -0.2) is 29.7 Å². The quantitative estimate of drug-likeness (QED) is 0.863. The number of amides is 3. The van der Waals surface area contributed by atoms with E-state index in [-0.39, 0.29) is 29.1 Å². The molecule has 0 unspecified atom stereocenters. The molecular formula is C20H17FN2O3. The Morgan fingerprint density at radius 1 is 1.08 bits per heavy atom. The van der Waals surface area contributed by atoms with E-state index in [1.807, 2.05) is 0 Å². The minimum absolute atomic E-state index is 0.223. The Kier molecular flexibility index (Phi) is 3.64. The minimum atomic E-state index is -0.752. The van der Waals surface area contributed by atoms with Crippen LogP contribution in [0.5, 0.6) is 0 Å². The highest BCUT2D eigenvalue weighted by molar-refractivity contribution is 6.21. The van der Waals surface area contributed by atoms with Gasteiger partial charge in [0.15, 0.2) is 0 Å². The van der Waals surface area contributed by atoms with E-state index in [0.717, 1.165) is 11.3 Å². The molecule has 3 amide bonds. The van der Waals surface area contributed by atoms with Crippen molar-refractivity contribution in [1.29, 1.82) is 0 Å². The number of nitrogens with one attached hydrogen (secondary N) is 1. The Morgan fingerprint density at radius 3 is 2.46 bits per heavy atom. The van der Waals surface area contributed by atoms with Gasteiger partial charge in [-0.25, -0.2) is 4.39 Å². The number of nitrogens with zero attached hydrogens (tertiary/aromatic N) is 1. The fourth-order valence-corrected chi connectivity index (χ4v) is 3.65. The summed E-state index contributed by atoms with van der Waals surface area (Å²) in [6, 6.07) is 10.8. The van der Waals surface area contributed by atoms with Gasteiger partial charge in [0.25, 0.3) is 11.8 Å². The maximum absolute atomic E-state index is 13.6. The molecule has 1 aliphatic heterocycles. The van der Waals surface area contributed by atoms with E-state index in [2.05, 4.69) is 5.32 Å². The van der Waals surface area contributed by atoms with Gasteiger partial charge in [-0.05, 0) is 48.7 Å². The summed E-state index contributed by atoms with van der Waals surface area (Å²) >= 11 is 0. The molecule has 1 N–H and O–H groups in total. The van der Waals surface area contributed by atoms with Crippen LogP contribution in [0, 0.1) is 5.82 Å². The number of carbonyl (C=O) groups excluding carboxylic acids is 3. The zero-order valence-corrected chi connectivity index (χ0v) is 14.2. The molecule has 1 fully saturated rings. The Hall–Kier alpha value is -3.02. The normalized spacial score (nSPS) is 17.7. The average Bonchev–Trinajstić information content (AvgIpc) is 2.78. The Bertz CT molecular complexity index is 950. The lowest BCUT2D eigenvalue weighted by Crippen LogP contribution is -2.46. The third kappa shape index (κ3) is 2.33. The van der Waals surface area contributed by atoms with Gasteiger partial charge in [0.1, 0.15) is 5.82 Å². The summed E-state index contributed by atoms with van der Waals surface area (Å²) < 4.78 is 13.6. The first kappa shape index (κ1) is 16.4. The average molecular weight is 352 g/mol. The molecule has 5 nitrogen and oxygen atoms in total. The van der Waals surface area contributed by atoms with Crippen molar-refractivity contribution in [2.75, 3.05) is 12.4 Å². The SMILES string of the molecule is CN1C(=O)c2ccc(NC(=O)C3(c4cccc(F)c4)CCC3)cc2C1=O. The lowest BCUT2D eigenvalue weighted by molar-refractivity contribution is -0.124. The van der Waals surface area contributed by atoms with Crippen molar-refractivity contribution in [3.05, 3.63) is 65.0 Å². The standard InChI is InChI=1S/C20H17FN2O3/c1-23-17(24)15-7-6-14(11-16(15)18(23)25)22-19(26)20(8-3-9-20)12-4-2-5-13(21)10-12/h2,4-7,10-11H,3,8-9H2,1H3,(H,22,26). The zero-order chi connectivity index (χ0) is 18.5. The van der Waals surface area contributed by atoms with Gasteiger partial charge < -0.3 is 5.32 Å². The summed E-state index contributed by atoms with van der Waals surface area (Å²) in [6.45, 7) is 0. The Labute approximate surface area is 149 Å². The number of hydrogen-bond acceptors (Lipinski definition) is 3. The van der Waals surface area contributed by atoms with Crippen molar-refractivity contribution in [3.8, 4) is 0 Å². The zero-order valence-electron chi connectivity index (χ0n) is 14.2. The highest BCUT2D eigenvalue weighted by Gasteiger charge is 2.46. The summed E-state index contributed by atoms with van der Waals surface area (Å²) in [6.07, 6.45) is 2.19. The van der Waals surface area contributed by atoms with Crippen molar-refractivity contribution < 1.29 is 18.8 Å². The molecule has 0 radical (unpaired) electrons. The van der Waals surface area contributed by atoms with E-state index in [4.69, 9.17) is 0 Å². The molecule has 0 spiro atoms. The third-order valence-electron chi connectivity index (χ3n) is 5.37. The van der Waals surface area contributed by atoms with Gasteiger partial charge in [-0.2, -0.15) is 0 Å². The van der Waals surface area contributed by atoms with Crippen LogP contribution < -0.4 is 5.32 Å². The number of carbonyl (C=O) groups is 3. The molecule has 2 aliphatic rings. The number of rotatable bonds is 3. The van der Waals surface area contributed by atoms with Crippen LogP contribution in [0.25, 0.3) is 0 Å². The second-order valence-corrected chi connectivity index (χ2v) is 6.83. The lowest BCUT2D eigenvalue weighted by Gasteiger charge is -2.40. The molecule has 0 aromatic heterocycles. The van der Waals surface area contributed by atoms with Crippen LogP contribution in [0.15, 0.2) is 42.5 Å². The second-order valence-electron chi connectivity index (χ2n) is 6.83. The molecule has 2 aromatic rings. The fourth-order valence-electron chi connectivity index (χ4n) is 3.65. The van der Waals surface area contributed by atoms with Crippen LogP contribution in [-0.2, 0) is 10.2 Å². The molecule has 0 saturated heterocycles. The van der Waals surface area contributed by atoms with Crippen molar-refractivity contribution in [3.63, 3.8) is 0 Å². The van der Waals surface area contributed by atoms with Crippen molar-refractivity contribution in [1.82, 2.24) is 4.90 Å². The van der Waals surface area contributed by atoms with Crippen LogP contribution in [0.1, 0.15) is 45.5 Å². The van der Waals surface area contributed by atoms with Crippen molar-refractivity contribution in [2.45, 2.75) is 24.7 Å². The van der Waals surface area contributed by atoms with Crippen LogP contribution in [0.2, 0.25) is 0 Å². The largest absolute Gasteiger partial charge is 0.325 e. The van der Waals surface area contributed by atoms with Gasteiger partial charge in [-0.1, -0.05) is 18.6 Å². The first-order chi connectivity index (χ1) is 12.4. The molecule has 0 bridgehead atoms. The number of halogens is 1. The number of imide groups is 1. The summed E-state index contributed by atoms with van der Waals surface area (Å²) in [5, 5.41) is 2.84. The van der Waals surface area contributed by atoms with Crippen LogP contribution >= 0.6 is 0 Å². The predicted molar refractivity (Wildman–Crippen MR) is 93.4 cm³/mol. The van der Waals surface area contributed by atoms with Gasteiger partial charge in [0.05, 0.1) is 16.5 Å². The monoisotopic (exact) mass is 352 g/mol. The molecule has 1 heterocycles. The van der Waals surface area contributed by atoms with Crippen LogP contribution in [0.3, 0.4) is 0 Å². The van der Waals surface area contributed by atoms with Gasteiger partial charge >= 0.3 is 0 Å². The predicted octanol–water partition coefficient (Wildman–Crippen LogP) is 3.11. The highest BCUT2D eigenvalue weighted by atomic mass is 19.1. The van der Waals surface area contributed by atoms with E-state index >= 15 is 0 Å².